The van der Waals surface area contributed by atoms with Gasteiger partial charge < -0.3 is 4.90 Å². The molecular weight excluding hydrogens is 371 g/mol. The Morgan fingerprint density at radius 2 is 1.78 bits per heavy atom. The molecule has 4 rings (SSSR count). The van der Waals surface area contributed by atoms with Gasteiger partial charge in [-0.15, -0.1) is 11.8 Å². The molecule has 27 heavy (non-hydrogen) atoms. The lowest BCUT2D eigenvalue weighted by molar-refractivity contribution is -0.0891. The number of benzene rings is 1. The van der Waals surface area contributed by atoms with Crippen LogP contribution in [0.25, 0.3) is 0 Å². The summed E-state index contributed by atoms with van der Waals surface area (Å²) in [6, 6.07) is 15.1. The Morgan fingerprint density at radius 1 is 1.00 bits per heavy atom. The number of hydrogen-bond acceptors (Lipinski definition) is 4. The van der Waals surface area contributed by atoms with E-state index < -0.39 is 11.7 Å². The zero-order valence-corrected chi connectivity index (χ0v) is 15.0. The number of nitrogens with zero attached hydrogens (tertiary/aromatic N) is 3. The molecule has 1 aromatic heterocycles. The van der Waals surface area contributed by atoms with Gasteiger partial charge >= 0.3 is 6.18 Å². The van der Waals surface area contributed by atoms with E-state index in [9.17, 15) is 13.2 Å². The number of rotatable bonds is 3. The van der Waals surface area contributed by atoms with Crippen molar-refractivity contribution in [1.29, 1.82) is 0 Å². The van der Waals surface area contributed by atoms with E-state index in [1.807, 2.05) is 48.5 Å². The quantitative estimate of drug-likeness (QED) is 0.710. The molecule has 2 aliphatic rings. The molecule has 2 aromatic rings. The molecule has 0 radical (unpaired) electrons. The minimum absolute atomic E-state index is 0.191. The first-order chi connectivity index (χ1) is 13.0. The highest BCUT2D eigenvalue weighted by atomic mass is 32.2. The molecule has 0 aliphatic carbocycles. The predicted molar refractivity (Wildman–Crippen MR) is 100 cm³/mol. The second-order valence-electron chi connectivity index (χ2n) is 6.20. The van der Waals surface area contributed by atoms with Gasteiger partial charge in [-0.1, -0.05) is 24.3 Å². The van der Waals surface area contributed by atoms with E-state index in [0.29, 0.717) is 12.3 Å². The lowest BCUT2D eigenvalue weighted by Crippen LogP contribution is -2.40. The monoisotopic (exact) mass is 387 g/mol. The molecule has 0 N–H and O–H groups in total. The summed E-state index contributed by atoms with van der Waals surface area (Å²) >= 11 is 1.53. The third-order valence-corrected chi connectivity index (χ3v) is 5.59. The number of aromatic nitrogens is 1. The fraction of sp³-hybridized carbons (Fsp3) is 0.200. The maximum atomic E-state index is 13.2. The Labute approximate surface area is 159 Å². The van der Waals surface area contributed by atoms with Crippen molar-refractivity contribution in [3.8, 4) is 0 Å². The summed E-state index contributed by atoms with van der Waals surface area (Å²) in [5.41, 5.74) is 0.152. The lowest BCUT2D eigenvalue weighted by Gasteiger charge is -2.38. The van der Waals surface area contributed by atoms with Crippen LogP contribution in [0.1, 0.15) is 18.2 Å². The van der Waals surface area contributed by atoms with Gasteiger partial charge in [-0.3, -0.25) is 9.98 Å². The van der Waals surface area contributed by atoms with Crippen molar-refractivity contribution >= 4 is 17.6 Å². The van der Waals surface area contributed by atoms with Gasteiger partial charge in [-0.25, -0.2) is 0 Å². The van der Waals surface area contributed by atoms with Gasteiger partial charge in [0.2, 0.25) is 0 Å². The standard InChI is InChI=1S/C20H16F3N3S/c21-20(22,23)14-9-10-18-25-17(16-8-4-5-11-24-16)12-19(26(18)13-14)27-15-6-2-1-3-7-15/h1-11,13,17,19H,12H2. The number of halogens is 3. The maximum absolute atomic E-state index is 13.2. The van der Waals surface area contributed by atoms with Gasteiger partial charge in [0, 0.05) is 23.7 Å². The molecule has 0 spiro atoms. The van der Waals surface area contributed by atoms with Crippen LogP contribution in [0.15, 0.2) is 88.5 Å². The summed E-state index contributed by atoms with van der Waals surface area (Å²) in [6.45, 7) is 0. The van der Waals surface area contributed by atoms with Crippen molar-refractivity contribution < 1.29 is 13.2 Å². The minimum Gasteiger partial charge on any atom is -0.320 e. The number of fused-ring (bicyclic) bond motifs is 1. The predicted octanol–water partition coefficient (Wildman–Crippen LogP) is 5.36. The molecule has 2 atom stereocenters. The molecule has 0 saturated carbocycles. The second kappa shape index (κ2) is 7.23. The van der Waals surface area contributed by atoms with Crippen LogP contribution in [0.4, 0.5) is 13.2 Å². The van der Waals surface area contributed by atoms with Gasteiger partial charge in [-0.2, -0.15) is 13.2 Å². The first-order valence-corrected chi connectivity index (χ1v) is 9.34. The number of allylic oxidation sites excluding steroid dienone is 2. The molecule has 138 valence electrons. The van der Waals surface area contributed by atoms with Crippen LogP contribution in [-0.4, -0.2) is 27.3 Å². The molecule has 0 bridgehead atoms. The van der Waals surface area contributed by atoms with Crippen LogP contribution in [0, 0.1) is 0 Å². The molecule has 3 nitrogen and oxygen atoms in total. The molecule has 3 heterocycles. The van der Waals surface area contributed by atoms with Crippen LogP contribution >= 0.6 is 11.8 Å². The third-order valence-electron chi connectivity index (χ3n) is 4.35. The van der Waals surface area contributed by atoms with Crippen LogP contribution in [0.5, 0.6) is 0 Å². The largest absolute Gasteiger partial charge is 0.417 e. The number of pyridine rings is 1. The highest BCUT2D eigenvalue weighted by molar-refractivity contribution is 7.99. The summed E-state index contributed by atoms with van der Waals surface area (Å²) in [6.07, 6.45) is 1.57. The number of alkyl halides is 3. The Morgan fingerprint density at radius 3 is 2.48 bits per heavy atom. The average molecular weight is 387 g/mol. The van der Waals surface area contributed by atoms with E-state index >= 15 is 0 Å². The lowest BCUT2D eigenvalue weighted by atomic mass is 10.1. The Bertz CT molecular complexity index is 892. The maximum Gasteiger partial charge on any atom is 0.417 e. The first-order valence-electron chi connectivity index (χ1n) is 8.46. The second-order valence-corrected chi connectivity index (χ2v) is 7.45. The normalized spacial score (nSPS) is 22.1. The van der Waals surface area contributed by atoms with Crippen molar-refractivity contribution in [1.82, 2.24) is 9.88 Å². The highest BCUT2D eigenvalue weighted by Gasteiger charge is 2.38. The fourth-order valence-corrected chi connectivity index (χ4v) is 4.24. The van der Waals surface area contributed by atoms with Crippen molar-refractivity contribution in [2.75, 3.05) is 0 Å². The van der Waals surface area contributed by atoms with Gasteiger partial charge in [-0.05, 0) is 36.4 Å². The third kappa shape index (κ3) is 3.93. The first kappa shape index (κ1) is 17.9. The van der Waals surface area contributed by atoms with Crippen molar-refractivity contribution in [3.63, 3.8) is 0 Å². The zero-order chi connectivity index (χ0) is 18.9. The smallest absolute Gasteiger partial charge is 0.320 e. The molecule has 2 unspecified atom stereocenters. The van der Waals surface area contributed by atoms with E-state index in [0.717, 1.165) is 22.9 Å². The van der Waals surface area contributed by atoms with E-state index in [2.05, 4.69) is 9.98 Å². The van der Waals surface area contributed by atoms with E-state index in [-0.39, 0.29) is 11.4 Å². The average Bonchev–Trinajstić information content (AvgIpc) is 2.68. The minimum atomic E-state index is -4.39. The van der Waals surface area contributed by atoms with Crippen LogP contribution in [0.3, 0.4) is 0 Å². The summed E-state index contributed by atoms with van der Waals surface area (Å²) < 4.78 is 39.6. The molecule has 0 saturated heterocycles. The molecule has 0 fully saturated rings. The topological polar surface area (TPSA) is 28.5 Å². The highest BCUT2D eigenvalue weighted by Crippen LogP contribution is 2.40. The molecular formula is C20H16F3N3S. The number of hydrogen-bond donors (Lipinski definition) is 0. The van der Waals surface area contributed by atoms with Crippen LogP contribution in [-0.2, 0) is 0 Å². The number of thioether (sulfide) groups is 1. The summed E-state index contributed by atoms with van der Waals surface area (Å²) in [7, 11) is 0. The molecule has 2 aliphatic heterocycles. The molecule has 7 heteroatoms. The van der Waals surface area contributed by atoms with Gasteiger partial charge in [0.1, 0.15) is 5.84 Å². The van der Waals surface area contributed by atoms with Crippen LogP contribution in [0.2, 0.25) is 0 Å². The van der Waals surface area contributed by atoms with E-state index in [4.69, 9.17) is 0 Å². The Balaban J connectivity index is 1.70. The van der Waals surface area contributed by atoms with Gasteiger partial charge in [0.25, 0.3) is 0 Å². The van der Waals surface area contributed by atoms with Crippen molar-refractivity contribution in [2.45, 2.75) is 28.9 Å². The molecule has 0 amide bonds. The molecule has 1 aromatic carbocycles. The van der Waals surface area contributed by atoms with E-state index in [1.165, 1.54) is 17.8 Å². The number of amidine groups is 1. The SMILES string of the molecule is FC(F)(F)C1=CN2C(=NC(c3ccccn3)CC2Sc2ccccc2)C=C1. The van der Waals surface area contributed by atoms with Gasteiger partial charge in [0.05, 0.1) is 22.7 Å². The number of aliphatic imine (C=N–C) groups is 1. The Kier molecular flexibility index (Phi) is 4.78. The van der Waals surface area contributed by atoms with Gasteiger partial charge in [0.15, 0.2) is 0 Å². The summed E-state index contributed by atoms with van der Waals surface area (Å²) in [5.74, 6) is 0.526. The zero-order valence-electron chi connectivity index (χ0n) is 14.2. The van der Waals surface area contributed by atoms with Crippen molar-refractivity contribution in [3.05, 3.63) is 84.3 Å². The fourth-order valence-electron chi connectivity index (χ4n) is 3.06. The van der Waals surface area contributed by atoms with Crippen LogP contribution < -0.4 is 0 Å². The van der Waals surface area contributed by atoms with Crippen molar-refractivity contribution in [2.24, 2.45) is 4.99 Å². The summed E-state index contributed by atoms with van der Waals surface area (Å²) in [4.78, 5) is 11.7. The Hall–Kier alpha value is -2.54. The summed E-state index contributed by atoms with van der Waals surface area (Å²) in [5, 5.41) is -0.214. The van der Waals surface area contributed by atoms with E-state index in [1.54, 1.807) is 11.1 Å².